The predicted octanol–water partition coefficient (Wildman–Crippen LogP) is 13.0. The molecule has 0 saturated carbocycles. The Hall–Kier alpha value is -6.24. The van der Waals surface area contributed by atoms with Gasteiger partial charge in [-0.15, -0.1) is 22.7 Å². The number of benzene rings is 7. The summed E-state index contributed by atoms with van der Waals surface area (Å²) in [6.45, 7) is 0. The van der Waals surface area contributed by atoms with Crippen molar-refractivity contribution in [3.05, 3.63) is 163 Å². The minimum absolute atomic E-state index is 0.444. The Labute approximate surface area is 291 Å². The van der Waals surface area contributed by atoms with Crippen LogP contribution in [0.3, 0.4) is 0 Å². The van der Waals surface area contributed by atoms with Crippen molar-refractivity contribution in [2.75, 3.05) is 4.90 Å². The molecule has 0 radical (unpaired) electrons. The van der Waals surface area contributed by atoms with Crippen LogP contribution in [0.15, 0.2) is 152 Å². The number of fused-ring (bicyclic) bond motifs is 6. The fraction of sp³-hybridized carbons (Fsp3) is 0. The molecular weight excluding hydrogens is 635 g/mol. The molecule has 0 aliphatic rings. The van der Waals surface area contributed by atoms with E-state index in [1.54, 1.807) is 6.07 Å². The zero-order valence-electron chi connectivity index (χ0n) is 26.1. The van der Waals surface area contributed by atoms with Crippen LogP contribution >= 0.6 is 22.7 Å². The van der Waals surface area contributed by atoms with Crippen LogP contribution in [0.25, 0.3) is 62.6 Å². The normalized spacial score (nSPS) is 11.2. The first-order valence-electron chi connectivity index (χ1n) is 15.9. The van der Waals surface area contributed by atoms with Gasteiger partial charge in [0.05, 0.1) is 23.3 Å². The summed E-state index contributed by atoms with van der Waals surface area (Å²) in [4.78, 5) is 2.11. The molecule has 0 bridgehead atoms. The van der Waals surface area contributed by atoms with Gasteiger partial charge in [0.1, 0.15) is 0 Å². The fourth-order valence-electron chi connectivity index (χ4n) is 6.73. The van der Waals surface area contributed by atoms with Gasteiger partial charge >= 0.3 is 0 Å². The summed E-state index contributed by atoms with van der Waals surface area (Å²) in [6.07, 6.45) is 0. The van der Waals surface area contributed by atoms with Crippen LogP contribution in [-0.4, -0.2) is 0 Å². The molecule has 5 heteroatoms. The molecule has 0 unspecified atom stereocenters. The number of rotatable bonds is 5. The van der Waals surface area contributed by atoms with E-state index in [-0.39, 0.29) is 0 Å². The van der Waals surface area contributed by atoms with Crippen molar-refractivity contribution in [2.24, 2.45) is 0 Å². The molecule has 228 valence electrons. The molecule has 0 aliphatic heterocycles. The minimum atomic E-state index is 0.444. The van der Waals surface area contributed by atoms with Crippen molar-refractivity contribution in [2.45, 2.75) is 0 Å². The van der Waals surface area contributed by atoms with E-state index in [0.29, 0.717) is 11.1 Å². The van der Waals surface area contributed by atoms with Crippen LogP contribution in [0.1, 0.15) is 11.1 Å². The van der Waals surface area contributed by atoms with Crippen molar-refractivity contribution < 1.29 is 0 Å². The molecule has 9 rings (SSSR count). The summed E-state index contributed by atoms with van der Waals surface area (Å²) in [5, 5.41) is 24.7. The van der Waals surface area contributed by atoms with Crippen molar-refractivity contribution in [1.29, 1.82) is 10.5 Å². The van der Waals surface area contributed by atoms with E-state index in [4.69, 9.17) is 0 Å². The standard InChI is InChI=1S/C44H25N3S2/c45-26-28-21-29(27-46)23-36(22-28)47(34-15-9-30(10-16-34)32-13-19-43-39(24-32)37-5-1-3-7-41(37)48-43)35-17-11-31(12-18-35)33-14-20-44-40(25-33)38-6-2-4-8-42(38)49-44/h1-25H. The van der Waals surface area contributed by atoms with E-state index < -0.39 is 0 Å². The second-order valence-electron chi connectivity index (χ2n) is 12.0. The smallest absolute Gasteiger partial charge is 0.0992 e. The second kappa shape index (κ2) is 11.8. The van der Waals surface area contributed by atoms with Gasteiger partial charge in [0.15, 0.2) is 0 Å². The highest BCUT2D eigenvalue weighted by atomic mass is 32.1. The van der Waals surface area contributed by atoms with Crippen molar-refractivity contribution in [3.8, 4) is 34.4 Å². The average Bonchev–Trinajstić information content (AvgIpc) is 3.73. The van der Waals surface area contributed by atoms with Crippen LogP contribution in [0.4, 0.5) is 17.1 Å². The summed E-state index contributed by atoms with van der Waals surface area (Å²) in [6, 6.07) is 57.3. The molecule has 2 aromatic heterocycles. The quantitative estimate of drug-likeness (QED) is 0.185. The summed E-state index contributed by atoms with van der Waals surface area (Å²) >= 11 is 3.64. The van der Waals surface area contributed by atoms with Crippen molar-refractivity contribution in [3.63, 3.8) is 0 Å². The molecule has 0 spiro atoms. The number of nitriles is 2. The van der Waals surface area contributed by atoms with Gasteiger partial charge in [-0.3, -0.25) is 0 Å². The molecule has 0 amide bonds. The molecule has 9 aromatic rings. The highest BCUT2D eigenvalue weighted by Crippen LogP contribution is 2.41. The SMILES string of the molecule is N#Cc1cc(C#N)cc(N(c2ccc(-c3ccc4sc5ccccc5c4c3)cc2)c2ccc(-c3ccc4sc5ccccc5c4c3)cc2)c1. The molecule has 7 aromatic carbocycles. The third kappa shape index (κ3) is 5.10. The largest absolute Gasteiger partial charge is 0.310 e. The van der Waals surface area contributed by atoms with Gasteiger partial charge in [-0.1, -0.05) is 72.8 Å². The summed E-state index contributed by atoms with van der Waals surface area (Å²) < 4.78 is 5.16. The second-order valence-corrected chi connectivity index (χ2v) is 14.2. The fourth-order valence-corrected chi connectivity index (χ4v) is 8.91. The molecule has 0 atom stereocenters. The summed E-state index contributed by atoms with van der Waals surface area (Å²) in [5.41, 5.74) is 8.08. The Morgan fingerprint density at radius 2 is 0.776 bits per heavy atom. The van der Waals surface area contributed by atoms with E-state index in [1.807, 2.05) is 34.8 Å². The minimum Gasteiger partial charge on any atom is -0.310 e. The zero-order valence-corrected chi connectivity index (χ0v) is 27.7. The summed E-state index contributed by atoms with van der Waals surface area (Å²) in [5.74, 6) is 0. The van der Waals surface area contributed by atoms with Crippen molar-refractivity contribution in [1.82, 2.24) is 0 Å². The van der Waals surface area contributed by atoms with Crippen LogP contribution in [0, 0.1) is 22.7 Å². The summed E-state index contributed by atoms with van der Waals surface area (Å²) in [7, 11) is 0. The van der Waals surface area contributed by atoms with E-state index >= 15 is 0 Å². The topological polar surface area (TPSA) is 50.8 Å². The van der Waals surface area contributed by atoms with Gasteiger partial charge < -0.3 is 4.90 Å². The maximum Gasteiger partial charge on any atom is 0.0992 e. The lowest BCUT2D eigenvalue weighted by Gasteiger charge is -2.26. The third-order valence-corrected chi connectivity index (χ3v) is 11.4. The highest BCUT2D eigenvalue weighted by molar-refractivity contribution is 7.26. The maximum atomic E-state index is 9.80. The van der Waals surface area contributed by atoms with Gasteiger partial charge in [0, 0.05) is 57.4 Å². The lowest BCUT2D eigenvalue weighted by atomic mass is 10.0. The number of hydrogen-bond acceptors (Lipinski definition) is 5. The molecule has 49 heavy (non-hydrogen) atoms. The van der Waals surface area contributed by atoms with Gasteiger partial charge in [-0.05, 0) is 101 Å². The van der Waals surface area contributed by atoms with Gasteiger partial charge in [0.25, 0.3) is 0 Å². The number of hydrogen-bond donors (Lipinski definition) is 0. The molecule has 0 saturated heterocycles. The van der Waals surface area contributed by atoms with Crippen molar-refractivity contribution >= 4 is 80.1 Å². The molecule has 0 fully saturated rings. The lowest BCUT2D eigenvalue weighted by Crippen LogP contribution is -2.10. The van der Waals surface area contributed by atoms with E-state index in [1.165, 1.54) is 40.3 Å². The molecule has 2 heterocycles. The molecular formula is C44H25N3S2. The van der Waals surface area contributed by atoms with Gasteiger partial charge in [0.2, 0.25) is 0 Å². The zero-order chi connectivity index (χ0) is 32.9. The molecule has 0 N–H and O–H groups in total. The number of anilines is 3. The highest BCUT2D eigenvalue weighted by Gasteiger charge is 2.16. The maximum absolute atomic E-state index is 9.80. The average molecular weight is 660 g/mol. The first-order chi connectivity index (χ1) is 24.1. The van der Waals surface area contributed by atoms with E-state index in [0.717, 1.165) is 39.3 Å². The first-order valence-corrected chi connectivity index (χ1v) is 17.6. The van der Waals surface area contributed by atoms with Crippen LogP contribution < -0.4 is 4.90 Å². The van der Waals surface area contributed by atoms with Gasteiger partial charge in [-0.2, -0.15) is 10.5 Å². The first kappa shape index (κ1) is 28.9. The third-order valence-electron chi connectivity index (χ3n) is 9.11. The Bertz CT molecular complexity index is 2600. The van der Waals surface area contributed by atoms with Gasteiger partial charge in [-0.25, -0.2) is 0 Å². The molecule has 3 nitrogen and oxygen atoms in total. The van der Waals surface area contributed by atoms with Crippen LogP contribution in [0.5, 0.6) is 0 Å². The Morgan fingerprint density at radius 3 is 1.22 bits per heavy atom. The van der Waals surface area contributed by atoms with Crippen LogP contribution in [0.2, 0.25) is 0 Å². The van der Waals surface area contributed by atoms with E-state index in [9.17, 15) is 10.5 Å². The lowest BCUT2D eigenvalue weighted by molar-refractivity contribution is 1.27. The Balaban J connectivity index is 1.11. The predicted molar refractivity (Wildman–Crippen MR) is 207 cm³/mol. The Morgan fingerprint density at radius 1 is 0.367 bits per heavy atom. The number of nitrogens with zero attached hydrogens (tertiary/aromatic N) is 3. The Kier molecular flexibility index (Phi) is 6.95. The monoisotopic (exact) mass is 659 g/mol. The van der Waals surface area contributed by atoms with E-state index in [2.05, 4.69) is 150 Å². The number of thiophene rings is 2. The van der Waals surface area contributed by atoms with Crippen LogP contribution in [-0.2, 0) is 0 Å². The molecule has 0 aliphatic carbocycles.